The maximum atomic E-state index is 4.24. The maximum Gasteiger partial charge on any atom is 0.0543 e. The Labute approximate surface area is 448 Å². The summed E-state index contributed by atoms with van der Waals surface area (Å²) >= 11 is 0. The molecule has 0 aromatic heterocycles. The van der Waals surface area contributed by atoms with Crippen molar-refractivity contribution < 1.29 is 0 Å². The molecule has 2 heteroatoms. The number of para-hydroxylation sites is 2. The number of hydrogen-bond donors (Lipinski definition) is 0. The van der Waals surface area contributed by atoms with Crippen LogP contribution in [0.25, 0.3) is 43.4 Å². The lowest BCUT2D eigenvalue weighted by atomic mass is 9.80. The summed E-state index contributed by atoms with van der Waals surface area (Å²) in [5.41, 5.74) is 19.4. The zero-order valence-corrected chi connectivity index (χ0v) is 45.5. The van der Waals surface area contributed by atoms with E-state index in [1.54, 1.807) is 0 Å². The second-order valence-corrected chi connectivity index (χ2v) is 22.5. The van der Waals surface area contributed by atoms with Crippen molar-refractivity contribution in [2.24, 2.45) is 0 Å². The molecule has 2 aliphatic carbocycles. The van der Waals surface area contributed by atoms with Gasteiger partial charge in [-0.05, 0) is 184 Å². The summed E-state index contributed by atoms with van der Waals surface area (Å²) in [7, 11) is 0. The van der Waals surface area contributed by atoms with Gasteiger partial charge in [-0.2, -0.15) is 0 Å². The average molecular weight is 981 g/mol. The van der Waals surface area contributed by atoms with Gasteiger partial charge in [0.05, 0.1) is 11.4 Å². The third-order valence-corrected chi connectivity index (χ3v) is 17.1. The Balaban J connectivity index is 1.17. The molecule has 378 valence electrons. The molecule has 0 amide bonds. The van der Waals surface area contributed by atoms with Crippen molar-refractivity contribution in [3.63, 3.8) is 0 Å². The summed E-state index contributed by atoms with van der Waals surface area (Å²) in [4.78, 5) is 5.15. The van der Waals surface area contributed by atoms with Crippen molar-refractivity contribution in [3.05, 3.63) is 233 Å². The van der Waals surface area contributed by atoms with Gasteiger partial charge < -0.3 is 9.80 Å². The van der Waals surface area contributed by atoms with Gasteiger partial charge in [0, 0.05) is 33.5 Å². The van der Waals surface area contributed by atoms with Gasteiger partial charge in [0.1, 0.15) is 0 Å². The Morgan fingerprint density at radius 1 is 0.533 bits per heavy atom. The number of allylic oxidation sites excluding steroid dienone is 4. The molecule has 0 N–H and O–H groups in total. The number of aryl methyl sites for hydroxylation is 1. The normalized spacial score (nSPS) is 15.2. The van der Waals surface area contributed by atoms with E-state index in [1.165, 1.54) is 169 Å². The monoisotopic (exact) mass is 981 g/mol. The molecule has 75 heavy (non-hydrogen) atoms. The fourth-order valence-corrected chi connectivity index (χ4v) is 13.3. The fourth-order valence-electron chi connectivity index (χ4n) is 13.3. The molecule has 9 aromatic carbocycles. The van der Waals surface area contributed by atoms with Gasteiger partial charge in [-0.3, -0.25) is 0 Å². The van der Waals surface area contributed by atoms with E-state index in [4.69, 9.17) is 0 Å². The molecule has 0 unspecified atom stereocenters. The number of nitrogens with zero attached hydrogens (tertiary/aromatic N) is 2. The minimum atomic E-state index is 0.275. The third kappa shape index (κ3) is 9.74. The molecule has 9 aromatic rings. The number of hydrogen-bond acceptors (Lipinski definition) is 2. The summed E-state index contributed by atoms with van der Waals surface area (Å²) in [6, 6.07) is 62.8. The maximum absolute atomic E-state index is 4.24. The molecule has 2 saturated carbocycles. The SMILES string of the molecule is C=C/C=C(C)\C(=C/Cc1ccccc1C1CCCCC1)N(c1ccccc1)c1cc(C(C)C)c2ccc3c(N(c4ccccc4)c4cc(-c5ccccc5C5CCCCC5)ccc4C)cc(C(C)C)c4ccc1c2c43. The lowest BCUT2D eigenvalue weighted by Gasteiger charge is -2.33. The Bertz CT molecular complexity index is 3520. The average Bonchev–Trinajstić information content (AvgIpc) is 3.46. The molecular formula is C73H76N2. The second kappa shape index (κ2) is 22.0. The Hall–Kier alpha value is -7.16. The zero-order valence-electron chi connectivity index (χ0n) is 45.5. The Morgan fingerprint density at radius 2 is 1.05 bits per heavy atom. The summed E-state index contributed by atoms with van der Waals surface area (Å²) in [5, 5.41) is 7.86. The second-order valence-electron chi connectivity index (χ2n) is 22.5. The Kier molecular flexibility index (Phi) is 14.7. The Morgan fingerprint density at radius 3 is 1.67 bits per heavy atom. The lowest BCUT2D eigenvalue weighted by molar-refractivity contribution is 0.442. The minimum absolute atomic E-state index is 0.275. The van der Waals surface area contributed by atoms with Gasteiger partial charge in [0.25, 0.3) is 0 Å². The molecule has 0 radical (unpaired) electrons. The molecule has 0 atom stereocenters. The molecule has 2 nitrogen and oxygen atoms in total. The summed E-state index contributed by atoms with van der Waals surface area (Å²) in [6.45, 7) is 18.3. The van der Waals surface area contributed by atoms with Crippen molar-refractivity contribution in [2.45, 2.75) is 136 Å². The van der Waals surface area contributed by atoms with Crippen molar-refractivity contribution in [2.75, 3.05) is 9.80 Å². The first-order valence-electron chi connectivity index (χ1n) is 28.5. The van der Waals surface area contributed by atoms with Crippen LogP contribution in [0.3, 0.4) is 0 Å². The van der Waals surface area contributed by atoms with Crippen LogP contribution in [0.1, 0.15) is 156 Å². The van der Waals surface area contributed by atoms with Crippen LogP contribution in [0.4, 0.5) is 28.4 Å². The van der Waals surface area contributed by atoms with E-state index in [9.17, 15) is 0 Å². The van der Waals surface area contributed by atoms with Crippen LogP contribution in [0.15, 0.2) is 200 Å². The van der Waals surface area contributed by atoms with E-state index in [0.717, 1.165) is 17.8 Å². The summed E-state index contributed by atoms with van der Waals surface area (Å²) < 4.78 is 0. The standard InChI is InChI=1S/C73H76N2/c1-8-25-51(6)68(45-40-55-30-21-22-35-59(55)53-26-13-9-14-27-53)74(57-31-17-11-18-32-57)70-47-66(49(2)3)62-42-44-65-71(48-67(50(4)5)63-41-43-64(70)72(62)73(63)65)75(58-33-19-12-20-34-58)69-46-56(39-38-52(69)7)61-37-24-23-36-60(61)54-28-15-10-16-29-54/h8,11-12,17-25,30-39,41-50,53-54H,1,9-10,13-16,26-29,40H2,2-7H3/b51-25-,68-45+. The number of benzene rings is 9. The van der Waals surface area contributed by atoms with E-state index in [-0.39, 0.29) is 11.8 Å². The zero-order chi connectivity index (χ0) is 51.6. The fraction of sp³-hybridized carbons (Fsp3) is 0.288. The third-order valence-electron chi connectivity index (χ3n) is 17.1. The molecule has 0 saturated heterocycles. The van der Waals surface area contributed by atoms with Gasteiger partial charge in [-0.25, -0.2) is 0 Å². The van der Waals surface area contributed by atoms with E-state index in [2.05, 4.69) is 234 Å². The van der Waals surface area contributed by atoms with Crippen molar-refractivity contribution in [1.29, 1.82) is 0 Å². The quantitative estimate of drug-likeness (QED) is 0.0746. The minimum Gasteiger partial charge on any atom is -0.310 e. The van der Waals surface area contributed by atoms with Crippen LogP contribution < -0.4 is 9.80 Å². The van der Waals surface area contributed by atoms with Crippen molar-refractivity contribution in [3.8, 4) is 11.1 Å². The van der Waals surface area contributed by atoms with Crippen LogP contribution in [-0.4, -0.2) is 0 Å². The van der Waals surface area contributed by atoms with E-state index < -0.39 is 0 Å². The van der Waals surface area contributed by atoms with Crippen LogP contribution in [0.2, 0.25) is 0 Å². The smallest absolute Gasteiger partial charge is 0.0543 e. The highest BCUT2D eigenvalue weighted by atomic mass is 15.2. The highest BCUT2D eigenvalue weighted by molar-refractivity contribution is 6.29. The number of anilines is 5. The molecule has 0 aliphatic heterocycles. The van der Waals surface area contributed by atoms with Crippen LogP contribution in [0, 0.1) is 6.92 Å². The molecule has 0 heterocycles. The highest BCUT2D eigenvalue weighted by Crippen LogP contribution is 2.52. The lowest BCUT2D eigenvalue weighted by Crippen LogP contribution is -2.19. The van der Waals surface area contributed by atoms with Gasteiger partial charge in [0.15, 0.2) is 0 Å². The van der Waals surface area contributed by atoms with Crippen molar-refractivity contribution >= 4 is 60.8 Å². The number of rotatable bonds is 15. The summed E-state index contributed by atoms with van der Waals surface area (Å²) in [6.07, 6.45) is 20.6. The largest absolute Gasteiger partial charge is 0.310 e. The summed E-state index contributed by atoms with van der Waals surface area (Å²) in [5.74, 6) is 1.79. The van der Waals surface area contributed by atoms with Gasteiger partial charge in [0.2, 0.25) is 0 Å². The molecular weight excluding hydrogens is 905 g/mol. The first kappa shape index (κ1) is 50.0. The van der Waals surface area contributed by atoms with Crippen LogP contribution >= 0.6 is 0 Å². The molecule has 0 spiro atoms. The molecule has 2 aliphatic rings. The highest BCUT2D eigenvalue weighted by Gasteiger charge is 2.28. The molecule has 0 bridgehead atoms. The van der Waals surface area contributed by atoms with E-state index >= 15 is 0 Å². The van der Waals surface area contributed by atoms with Gasteiger partial charge in [-0.15, -0.1) is 0 Å². The topological polar surface area (TPSA) is 6.48 Å². The predicted molar refractivity (Wildman–Crippen MR) is 326 cm³/mol. The van der Waals surface area contributed by atoms with E-state index in [0.29, 0.717) is 11.8 Å². The van der Waals surface area contributed by atoms with Gasteiger partial charge in [-0.1, -0.05) is 212 Å². The molecule has 11 rings (SSSR count). The van der Waals surface area contributed by atoms with Gasteiger partial charge >= 0.3 is 0 Å². The van der Waals surface area contributed by atoms with E-state index in [1.807, 2.05) is 6.08 Å². The predicted octanol–water partition coefficient (Wildman–Crippen LogP) is 21.8. The van der Waals surface area contributed by atoms with Crippen LogP contribution in [-0.2, 0) is 6.42 Å². The van der Waals surface area contributed by atoms with Crippen molar-refractivity contribution in [1.82, 2.24) is 0 Å². The molecule has 2 fully saturated rings. The first-order valence-corrected chi connectivity index (χ1v) is 28.5. The first-order chi connectivity index (χ1) is 36.7. The van der Waals surface area contributed by atoms with Crippen LogP contribution in [0.5, 0.6) is 0 Å².